The summed E-state index contributed by atoms with van der Waals surface area (Å²) < 4.78 is 10.2. The number of nitrogens with zero attached hydrogens (tertiary/aromatic N) is 1. The van der Waals surface area contributed by atoms with Crippen LogP contribution >= 0.6 is 0 Å². The van der Waals surface area contributed by atoms with Crippen LogP contribution in [0.25, 0.3) is 0 Å². The first kappa shape index (κ1) is 11.6. The van der Waals surface area contributed by atoms with Crippen LogP contribution in [0.15, 0.2) is 18.2 Å². The van der Waals surface area contributed by atoms with Gasteiger partial charge in [0.1, 0.15) is 6.10 Å². The Morgan fingerprint density at radius 3 is 2.94 bits per heavy atom. The lowest BCUT2D eigenvalue weighted by Crippen LogP contribution is -2.11. The fourth-order valence-corrected chi connectivity index (χ4v) is 1.76. The van der Waals surface area contributed by atoms with Gasteiger partial charge in [0.15, 0.2) is 6.10 Å². The van der Waals surface area contributed by atoms with Gasteiger partial charge in [0, 0.05) is 0 Å². The number of carbonyl (C=O) groups excluding carboxylic acids is 1. The summed E-state index contributed by atoms with van der Waals surface area (Å²) in [5, 5.41) is 8.82. The summed E-state index contributed by atoms with van der Waals surface area (Å²) in [6.45, 7) is 3.99. The molecule has 0 amide bonds. The summed E-state index contributed by atoms with van der Waals surface area (Å²) in [7, 11) is 0. The Bertz CT molecular complexity index is 490. The molecule has 0 unspecified atom stereocenters. The Labute approximate surface area is 99.8 Å². The number of carbonyl (C=O) groups is 1. The molecule has 4 nitrogen and oxygen atoms in total. The highest BCUT2D eigenvalue weighted by molar-refractivity contribution is 5.78. The van der Waals surface area contributed by atoms with Crippen molar-refractivity contribution in [1.29, 1.82) is 5.26 Å². The minimum absolute atomic E-state index is 0.222. The maximum Gasteiger partial charge on any atom is 0.338 e. The Hall–Kier alpha value is -1.86. The van der Waals surface area contributed by atoms with Gasteiger partial charge in [0.25, 0.3) is 0 Å². The lowest BCUT2D eigenvalue weighted by molar-refractivity contribution is -0.144. The number of ether oxygens (including phenoxy) is 2. The van der Waals surface area contributed by atoms with Crippen LogP contribution in [-0.4, -0.2) is 18.7 Å². The Balaban J connectivity index is 2.09. The first-order chi connectivity index (χ1) is 8.17. The normalized spacial score (nSPS) is 21.7. The summed E-state index contributed by atoms with van der Waals surface area (Å²) in [5.41, 5.74) is 2.45. The van der Waals surface area contributed by atoms with E-state index in [1.165, 1.54) is 0 Å². The first-order valence-electron chi connectivity index (χ1n) is 5.50. The number of nitriles is 1. The Kier molecular flexibility index (Phi) is 3.12. The van der Waals surface area contributed by atoms with Gasteiger partial charge in [-0.25, -0.2) is 4.79 Å². The average Bonchev–Trinajstić information content (AvgIpc) is 3.09. The molecule has 0 radical (unpaired) electrons. The van der Waals surface area contributed by atoms with E-state index in [4.69, 9.17) is 14.7 Å². The molecule has 2 rings (SSSR count). The highest BCUT2D eigenvalue weighted by Crippen LogP contribution is 2.39. The van der Waals surface area contributed by atoms with Crippen molar-refractivity contribution in [3.63, 3.8) is 0 Å². The molecule has 17 heavy (non-hydrogen) atoms. The molecular weight excluding hydrogens is 218 g/mol. The molecule has 0 bridgehead atoms. The lowest BCUT2D eigenvalue weighted by atomic mass is 10.0. The SMILES string of the molecule is CCOC(=O)[C@H]1O[C@@H]1c1ccc(C#N)c(C)c1. The molecule has 1 aromatic rings. The van der Waals surface area contributed by atoms with Crippen molar-refractivity contribution in [2.45, 2.75) is 26.1 Å². The molecule has 4 heteroatoms. The molecule has 88 valence electrons. The predicted molar refractivity (Wildman–Crippen MR) is 60.1 cm³/mol. The van der Waals surface area contributed by atoms with Gasteiger partial charge in [-0.15, -0.1) is 0 Å². The van der Waals surface area contributed by atoms with Gasteiger partial charge >= 0.3 is 5.97 Å². The van der Waals surface area contributed by atoms with E-state index in [1.807, 2.05) is 19.1 Å². The first-order valence-corrected chi connectivity index (χ1v) is 5.50. The van der Waals surface area contributed by atoms with Crippen molar-refractivity contribution >= 4 is 5.97 Å². The van der Waals surface area contributed by atoms with E-state index < -0.39 is 6.10 Å². The second-order valence-electron chi connectivity index (χ2n) is 3.92. The Morgan fingerprint density at radius 2 is 2.35 bits per heavy atom. The van der Waals surface area contributed by atoms with Crippen LogP contribution in [0, 0.1) is 18.3 Å². The third-order valence-electron chi connectivity index (χ3n) is 2.71. The maximum absolute atomic E-state index is 11.4. The number of hydrogen-bond donors (Lipinski definition) is 0. The number of rotatable bonds is 3. The Morgan fingerprint density at radius 1 is 1.59 bits per heavy atom. The van der Waals surface area contributed by atoms with Crippen molar-refractivity contribution in [2.75, 3.05) is 6.61 Å². The molecule has 1 aliphatic heterocycles. The van der Waals surface area contributed by atoms with Gasteiger partial charge in [-0.05, 0) is 31.0 Å². The maximum atomic E-state index is 11.4. The van der Waals surface area contributed by atoms with E-state index in [1.54, 1.807) is 13.0 Å². The molecular formula is C13H13NO3. The molecule has 1 aromatic carbocycles. The fraction of sp³-hybridized carbons (Fsp3) is 0.385. The quantitative estimate of drug-likeness (QED) is 0.588. The van der Waals surface area contributed by atoms with Crippen molar-refractivity contribution < 1.29 is 14.3 Å². The molecule has 0 spiro atoms. The zero-order valence-corrected chi connectivity index (χ0v) is 9.77. The van der Waals surface area contributed by atoms with Crippen LogP contribution in [0.1, 0.15) is 29.7 Å². The molecule has 0 N–H and O–H groups in total. The zero-order chi connectivity index (χ0) is 12.4. The average molecular weight is 231 g/mol. The molecule has 1 aliphatic rings. The van der Waals surface area contributed by atoms with E-state index in [-0.39, 0.29) is 12.1 Å². The third kappa shape index (κ3) is 2.29. The monoisotopic (exact) mass is 231 g/mol. The van der Waals surface area contributed by atoms with Crippen molar-refractivity contribution in [1.82, 2.24) is 0 Å². The highest BCUT2D eigenvalue weighted by Gasteiger charge is 2.47. The zero-order valence-electron chi connectivity index (χ0n) is 9.77. The largest absolute Gasteiger partial charge is 0.464 e. The van der Waals surface area contributed by atoms with E-state index in [2.05, 4.69) is 6.07 Å². The minimum atomic E-state index is -0.484. The molecule has 2 atom stereocenters. The van der Waals surface area contributed by atoms with E-state index >= 15 is 0 Å². The molecule has 0 saturated carbocycles. The van der Waals surface area contributed by atoms with Gasteiger partial charge in [-0.1, -0.05) is 12.1 Å². The van der Waals surface area contributed by atoms with Crippen LogP contribution in [0.5, 0.6) is 0 Å². The number of aryl methyl sites for hydroxylation is 1. The van der Waals surface area contributed by atoms with Crippen molar-refractivity contribution in [2.24, 2.45) is 0 Å². The minimum Gasteiger partial charge on any atom is -0.464 e. The summed E-state index contributed by atoms with van der Waals surface area (Å²) in [5.74, 6) is -0.320. The third-order valence-corrected chi connectivity index (χ3v) is 2.71. The molecule has 1 heterocycles. The van der Waals surface area contributed by atoms with Crippen LogP contribution in [0.3, 0.4) is 0 Å². The molecule has 1 saturated heterocycles. The topological polar surface area (TPSA) is 62.6 Å². The van der Waals surface area contributed by atoms with E-state index in [0.717, 1.165) is 11.1 Å². The second-order valence-corrected chi connectivity index (χ2v) is 3.92. The smallest absolute Gasteiger partial charge is 0.338 e. The van der Waals surface area contributed by atoms with E-state index in [9.17, 15) is 4.79 Å². The van der Waals surface area contributed by atoms with Gasteiger partial charge < -0.3 is 9.47 Å². The van der Waals surface area contributed by atoms with Crippen LogP contribution in [0.4, 0.5) is 0 Å². The van der Waals surface area contributed by atoms with Crippen molar-refractivity contribution in [3.05, 3.63) is 34.9 Å². The van der Waals surface area contributed by atoms with Crippen LogP contribution < -0.4 is 0 Å². The number of esters is 1. The summed E-state index contributed by atoms with van der Waals surface area (Å²) in [4.78, 5) is 11.4. The van der Waals surface area contributed by atoms with E-state index in [0.29, 0.717) is 12.2 Å². The molecule has 0 aliphatic carbocycles. The predicted octanol–water partition coefficient (Wildman–Crippen LogP) is 1.87. The lowest BCUT2D eigenvalue weighted by Gasteiger charge is -2.01. The number of epoxide rings is 1. The summed E-state index contributed by atoms with van der Waals surface area (Å²) in [6, 6.07) is 7.54. The summed E-state index contributed by atoms with van der Waals surface area (Å²) in [6.07, 6.45) is -0.706. The number of benzene rings is 1. The second kappa shape index (κ2) is 4.56. The fourth-order valence-electron chi connectivity index (χ4n) is 1.76. The molecule has 0 aromatic heterocycles. The number of hydrogen-bond acceptors (Lipinski definition) is 4. The van der Waals surface area contributed by atoms with Crippen LogP contribution in [0.2, 0.25) is 0 Å². The van der Waals surface area contributed by atoms with Gasteiger partial charge in [0.05, 0.1) is 18.2 Å². The standard InChI is InChI=1S/C13H13NO3/c1-3-16-13(15)12-11(17-12)9-4-5-10(7-14)8(2)6-9/h4-6,11-12H,3H2,1-2H3/t11-,12+/m1/s1. The summed E-state index contributed by atoms with van der Waals surface area (Å²) >= 11 is 0. The van der Waals surface area contributed by atoms with Crippen LogP contribution in [-0.2, 0) is 14.3 Å². The van der Waals surface area contributed by atoms with Gasteiger partial charge in [0.2, 0.25) is 0 Å². The highest BCUT2D eigenvalue weighted by atomic mass is 16.6. The van der Waals surface area contributed by atoms with Gasteiger partial charge in [-0.2, -0.15) is 5.26 Å². The molecule has 1 fully saturated rings. The van der Waals surface area contributed by atoms with Crippen molar-refractivity contribution in [3.8, 4) is 6.07 Å². The van der Waals surface area contributed by atoms with Gasteiger partial charge in [-0.3, -0.25) is 0 Å².